The first-order valence-electron chi connectivity index (χ1n) is 5.64. The highest BCUT2D eigenvalue weighted by molar-refractivity contribution is 7.86. The van der Waals surface area contributed by atoms with Crippen molar-refractivity contribution in [2.24, 2.45) is 5.10 Å². The molecule has 124 valence electrons. The zero-order valence-electron chi connectivity index (χ0n) is 10.9. The van der Waals surface area contributed by atoms with E-state index in [1.54, 1.807) is 0 Å². The van der Waals surface area contributed by atoms with Crippen molar-refractivity contribution in [1.29, 1.82) is 0 Å². The molecule has 0 bridgehead atoms. The van der Waals surface area contributed by atoms with Crippen LogP contribution >= 0.6 is 0 Å². The number of rotatable bonds is 4. The minimum atomic E-state index is -4.88. The lowest BCUT2D eigenvalue weighted by molar-refractivity contribution is -0.129. The number of amides is 1. The first kappa shape index (κ1) is 17.0. The van der Waals surface area contributed by atoms with E-state index < -0.39 is 59.7 Å². The van der Waals surface area contributed by atoms with E-state index in [0.717, 1.165) is 0 Å². The Morgan fingerprint density at radius 1 is 1.13 bits per heavy atom. The molecule has 0 unspecified atom stereocenters. The molecule has 1 amide bonds. The van der Waals surface area contributed by atoms with Crippen LogP contribution < -0.4 is 5.01 Å². The van der Waals surface area contributed by atoms with E-state index in [-0.39, 0.29) is 0 Å². The van der Waals surface area contributed by atoms with Gasteiger partial charge in [-0.05, 0) is 18.2 Å². The summed E-state index contributed by atoms with van der Waals surface area (Å²) >= 11 is 0. The summed E-state index contributed by atoms with van der Waals surface area (Å²) in [6, 6.07) is 1.89. The van der Waals surface area contributed by atoms with Gasteiger partial charge < -0.3 is 5.11 Å². The highest BCUT2D eigenvalue weighted by atomic mass is 32.2. The van der Waals surface area contributed by atoms with Crippen LogP contribution in [-0.4, -0.2) is 48.6 Å². The molecule has 0 aliphatic carbocycles. The van der Waals surface area contributed by atoms with Crippen LogP contribution in [0, 0.1) is 0 Å². The van der Waals surface area contributed by atoms with Crippen LogP contribution in [0.5, 0.6) is 0 Å². The molecule has 0 spiro atoms. The van der Waals surface area contributed by atoms with Crippen molar-refractivity contribution in [3.63, 3.8) is 0 Å². The summed E-state index contributed by atoms with van der Waals surface area (Å²) in [5, 5.41) is 12.5. The number of hydrogen-bond acceptors (Lipinski definition) is 7. The van der Waals surface area contributed by atoms with E-state index in [9.17, 15) is 26.4 Å². The minimum absolute atomic E-state index is 0.335. The minimum Gasteiger partial charge on any atom is -0.477 e. The number of hydrogen-bond donors (Lipinski definition) is 3. The van der Waals surface area contributed by atoms with Crippen molar-refractivity contribution < 1.29 is 40.6 Å². The van der Waals surface area contributed by atoms with Gasteiger partial charge in [-0.1, -0.05) is 0 Å². The predicted octanol–water partition coefficient (Wildman–Crippen LogP) is -0.643. The number of aliphatic carboxylic acids is 1. The number of nitrogens with zero attached hydrogens (tertiary/aromatic N) is 2. The van der Waals surface area contributed by atoms with Crippen LogP contribution in [0.3, 0.4) is 0 Å². The molecule has 0 radical (unpaired) electrons. The molecule has 1 aliphatic rings. The van der Waals surface area contributed by atoms with Crippen molar-refractivity contribution in [2.45, 2.75) is 16.2 Å². The molecule has 0 aromatic heterocycles. The number of carboxylic acid groups (broad SMARTS) is 1. The van der Waals surface area contributed by atoms with Crippen LogP contribution in [0.1, 0.15) is 6.42 Å². The van der Waals surface area contributed by atoms with Gasteiger partial charge in [0.05, 0.1) is 17.0 Å². The maximum atomic E-state index is 11.8. The molecule has 13 heteroatoms. The van der Waals surface area contributed by atoms with Gasteiger partial charge in [0.25, 0.3) is 26.1 Å². The van der Waals surface area contributed by atoms with Crippen LogP contribution in [0.15, 0.2) is 33.1 Å². The Hall–Kier alpha value is -2.35. The Labute approximate surface area is 129 Å². The Morgan fingerprint density at radius 3 is 2.17 bits per heavy atom. The summed E-state index contributed by atoms with van der Waals surface area (Å²) in [6.07, 6.45) is -0.656. The number of carbonyl (C=O) groups excluding carboxylic acids is 1. The summed E-state index contributed by atoms with van der Waals surface area (Å²) in [4.78, 5) is 21.0. The van der Waals surface area contributed by atoms with Crippen LogP contribution in [0.25, 0.3) is 0 Å². The molecule has 3 N–H and O–H groups in total. The Morgan fingerprint density at radius 2 is 1.74 bits per heavy atom. The van der Waals surface area contributed by atoms with Gasteiger partial charge >= 0.3 is 5.97 Å². The first-order chi connectivity index (χ1) is 10.4. The smallest absolute Gasteiger partial charge is 0.352 e. The van der Waals surface area contributed by atoms with Crippen molar-refractivity contribution in [2.75, 3.05) is 5.01 Å². The van der Waals surface area contributed by atoms with E-state index >= 15 is 0 Å². The summed E-state index contributed by atoms with van der Waals surface area (Å²) < 4.78 is 63.0. The average molecular weight is 364 g/mol. The van der Waals surface area contributed by atoms with Gasteiger partial charge in [-0.2, -0.15) is 26.9 Å². The summed E-state index contributed by atoms with van der Waals surface area (Å²) in [5.41, 5.74) is -1.31. The third-order valence-electron chi connectivity index (χ3n) is 2.76. The number of carbonyl (C=O) groups is 2. The van der Waals surface area contributed by atoms with Gasteiger partial charge in [-0.15, -0.1) is 0 Å². The summed E-state index contributed by atoms with van der Waals surface area (Å²) in [7, 11) is -9.63. The molecular weight excluding hydrogens is 356 g/mol. The van der Waals surface area contributed by atoms with E-state index in [2.05, 4.69) is 5.10 Å². The Balaban J connectivity index is 2.73. The molecule has 0 atom stereocenters. The first-order valence-corrected chi connectivity index (χ1v) is 8.52. The zero-order valence-corrected chi connectivity index (χ0v) is 12.6. The fraction of sp³-hybridized carbons (Fsp3) is 0.100. The molecule has 1 aliphatic heterocycles. The van der Waals surface area contributed by atoms with Crippen molar-refractivity contribution in [3.05, 3.63) is 18.2 Å². The molecule has 1 aromatic carbocycles. The maximum Gasteiger partial charge on any atom is 0.352 e. The number of benzene rings is 1. The lowest BCUT2D eigenvalue weighted by Gasteiger charge is -2.15. The standard InChI is InChI=1S/C10H8N2O9S2/c13-9-4-6(10(14)15)11-12(9)7-3-5(22(16,17)18)1-2-8(7)23(19,20)21/h1-3H,4H2,(H,14,15)(H,16,17,18)(H,19,20,21). The second-order valence-electron chi connectivity index (χ2n) is 4.31. The number of hydrazone groups is 1. The molecule has 2 rings (SSSR count). The second kappa shape index (κ2) is 5.38. The zero-order chi connectivity index (χ0) is 17.6. The normalized spacial score (nSPS) is 15.7. The van der Waals surface area contributed by atoms with Gasteiger partial charge in [0.15, 0.2) is 5.71 Å². The number of anilines is 1. The summed E-state index contributed by atoms with van der Waals surface area (Å²) in [5.74, 6) is -2.49. The monoisotopic (exact) mass is 364 g/mol. The van der Waals surface area contributed by atoms with E-state index in [1.165, 1.54) is 0 Å². The lowest BCUT2D eigenvalue weighted by Crippen LogP contribution is -2.22. The van der Waals surface area contributed by atoms with E-state index in [0.29, 0.717) is 23.2 Å². The topological polar surface area (TPSA) is 179 Å². The Kier molecular flexibility index (Phi) is 3.98. The van der Waals surface area contributed by atoms with Gasteiger partial charge in [-0.25, -0.2) is 4.79 Å². The Bertz CT molecular complexity index is 947. The predicted molar refractivity (Wildman–Crippen MR) is 73.2 cm³/mol. The van der Waals surface area contributed by atoms with Crippen LogP contribution in [0.2, 0.25) is 0 Å². The average Bonchev–Trinajstić information content (AvgIpc) is 2.78. The fourth-order valence-corrected chi connectivity index (χ4v) is 2.93. The highest BCUT2D eigenvalue weighted by Gasteiger charge is 2.33. The molecule has 23 heavy (non-hydrogen) atoms. The molecule has 1 heterocycles. The third kappa shape index (κ3) is 3.37. The summed E-state index contributed by atoms with van der Waals surface area (Å²) in [6.45, 7) is 0. The van der Waals surface area contributed by atoms with Gasteiger partial charge in [0.2, 0.25) is 0 Å². The second-order valence-corrected chi connectivity index (χ2v) is 7.13. The molecule has 11 nitrogen and oxygen atoms in total. The quantitative estimate of drug-likeness (QED) is 0.585. The van der Waals surface area contributed by atoms with Gasteiger partial charge in [-0.3, -0.25) is 13.9 Å². The van der Waals surface area contributed by atoms with Gasteiger partial charge in [0, 0.05) is 0 Å². The fourth-order valence-electron chi connectivity index (χ4n) is 1.78. The lowest BCUT2D eigenvalue weighted by atomic mass is 10.2. The largest absolute Gasteiger partial charge is 0.477 e. The van der Waals surface area contributed by atoms with E-state index in [1.807, 2.05) is 0 Å². The van der Waals surface area contributed by atoms with Crippen molar-refractivity contribution >= 4 is 43.5 Å². The molecular formula is C10H8N2O9S2. The number of carboxylic acids is 1. The van der Waals surface area contributed by atoms with Crippen molar-refractivity contribution in [3.8, 4) is 0 Å². The SMILES string of the molecule is O=C(O)C1=NN(c2cc(S(=O)(=O)O)ccc2S(=O)(=O)O)C(=O)C1. The third-order valence-corrected chi connectivity index (χ3v) is 4.51. The van der Waals surface area contributed by atoms with Crippen molar-refractivity contribution in [1.82, 2.24) is 0 Å². The highest BCUT2D eigenvalue weighted by Crippen LogP contribution is 2.31. The molecule has 0 fully saturated rings. The van der Waals surface area contributed by atoms with Gasteiger partial charge in [0.1, 0.15) is 4.90 Å². The maximum absolute atomic E-state index is 11.8. The molecule has 0 saturated heterocycles. The van der Waals surface area contributed by atoms with Crippen LogP contribution in [-0.2, 0) is 29.8 Å². The van der Waals surface area contributed by atoms with E-state index in [4.69, 9.17) is 14.2 Å². The molecule has 0 saturated carbocycles. The van der Waals surface area contributed by atoms with Crippen LogP contribution in [0.4, 0.5) is 5.69 Å². The molecule has 1 aromatic rings.